The summed E-state index contributed by atoms with van der Waals surface area (Å²) < 4.78 is 16.1. The number of ether oxygens (including phenoxy) is 3. The second-order valence-corrected chi connectivity index (χ2v) is 8.14. The first-order valence-electron chi connectivity index (χ1n) is 10.8. The minimum absolute atomic E-state index is 0. The van der Waals surface area contributed by atoms with Crippen LogP contribution in [0.5, 0.6) is 11.5 Å². The molecule has 0 aliphatic heterocycles. The fourth-order valence-corrected chi connectivity index (χ4v) is 4.15. The molecule has 0 atom stereocenters. The molecule has 0 saturated heterocycles. The van der Waals surface area contributed by atoms with E-state index in [2.05, 4.69) is 26.7 Å². The largest absolute Gasteiger partial charge is 0.497 e. The molecular formula is C23H37IN4O3. The van der Waals surface area contributed by atoms with Crippen LogP contribution in [0.2, 0.25) is 0 Å². The molecule has 174 valence electrons. The van der Waals surface area contributed by atoms with E-state index in [1.807, 2.05) is 19.2 Å². The summed E-state index contributed by atoms with van der Waals surface area (Å²) >= 11 is 0. The molecule has 0 unspecified atom stereocenters. The molecule has 1 aromatic carbocycles. The second-order valence-electron chi connectivity index (χ2n) is 8.14. The van der Waals surface area contributed by atoms with Gasteiger partial charge in [-0.3, -0.25) is 4.99 Å². The summed E-state index contributed by atoms with van der Waals surface area (Å²) in [4.78, 5) is 7.86. The lowest BCUT2D eigenvalue weighted by molar-refractivity contribution is 0.0732. The molecule has 0 spiro atoms. The Bertz CT molecular complexity index is 849. The topological polar surface area (TPSA) is 79.9 Å². The molecule has 8 heteroatoms. The molecule has 2 aromatic rings. The fraction of sp³-hybridized carbons (Fsp3) is 0.609. The Balaban J connectivity index is 0.00000341. The van der Waals surface area contributed by atoms with E-state index in [-0.39, 0.29) is 24.0 Å². The number of nitrogens with zero attached hydrogens (tertiary/aromatic N) is 1. The predicted molar refractivity (Wildman–Crippen MR) is 137 cm³/mol. The summed E-state index contributed by atoms with van der Waals surface area (Å²) in [7, 11) is 6.96. The van der Waals surface area contributed by atoms with E-state index < -0.39 is 0 Å². The summed E-state index contributed by atoms with van der Waals surface area (Å²) in [5.41, 5.74) is 2.60. The van der Waals surface area contributed by atoms with E-state index >= 15 is 0 Å². The maximum absolute atomic E-state index is 5.50. The van der Waals surface area contributed by atoms with Gasteiger partial charge in [-0.1, -0.05) is 6.42 Å². The highest BCUT2D eigenvalue weighted by Gasteiger charge is 2.36. The first-order chi connectivity index (χ1) is 14.6. The number of aromatic nitrogens is 1. The highest BCUT2D eigenvalue weighted by atomic mass is 127. The summed E-state index contributed by atoms with van der Waals surface area (Å²) in [6.07, 6.45) is 6.92. The Morgan fingerprint density at radius 1 is 1.13 bits per heavy atom. The van der Waals surface area contributed by atoms with Crippen molar-refractivity contribution < 1.29 is 14.2 Å². The van der Waals surface area contributed by atoms with Gasteiger partial charge in [-0.2, -0.15) is 0 Å². The lowest BCUT2D eigenvalue weighted by Crippen LogP contribution is -2.47. The van der Waals surface area contributed by atoms with Crippen molar-refractivity contribution in [3.63, 3.8) is 0 Å². The molecule has 1 aliphatic rings. The third-order valence-electron chi connectivity index (χ3n) is 6.21. The van der Waals surface area contributed by atoms with Crippen molar-refractivity contribution in [2.24, 2.45) is 10.4 Å². The highest BCUT2D eigenvalue weighted by Crippen LogP contribution is 2.43. The molecule has 3 rings (SSSR count). The molecule has 0 bridgehead atoms. The molecule has 1 aromatic heterocycles. The number of aliphatic imine (C=N–C) groups is 1. The van der Waals surface area contributed by atoms with Crippen LogP contribution in [0.15, 0.2) is 23.2 Å². The molecular weight excluding hydrogens is 507 g/mol. The first-order valence-corrected chi connectivity index (χ1v) is 10.8. The molecule has 0 radical (unpaired) electrons. The van der Waals surface area contributed by atoms with Gasteiger partial charge in [-0.05, 0) is 43.6 Å². The first kappa shape index (κ1) is 25.6. The molecule has 7 nitrogen and oxygen atoms in total. The van der Waals surface area contributed by atoms with Gasteiger partial charge in [0.15, 0.2) is 5.96 Å². The number of H-pyrrole nitrogens is 1. The van der Waals surface area contributed by atoms with Crippen LogP contribution >= 0.6 is 24.0 Å². The van der Waals surface area contributed by atoms with Crippen LogP contribution in [0, 0.1) is 5.41 Å². The van der Waals surface area contributed by atoms with Crippen LogP contribution in [0.4, 0.5) is 0 Å². The van der Waals surface area contributed by atoms with Gasteiger partial charge >= 0.3 is 0 Å². The maximum atomic E-state index is 5.50. The summed E-state index contributed by atoms with van der Waals surface area (Å²) in [6, 6.07) is 6.08. The Morgan fingerprint density at radius 2 is 1.94 bits per heavy atom. The van der Waals surface area contributed by atoms with Crippen LogP contribution < -0.4 is 20.1 Å². The number of fused-ring (bicyclic) bond motifs is 1. The fourth-order valence-electron chi connectivity index (χ4n) is 4.15. The average Bonchev–Trinajstić information content (AvgIpc) is 3.16. The zero-order valence-electron chi connectivity index (χ0n) is 19.2. The zero-order valence-corrected chi connectivity index (χ0v) is 21.5. The lowest BCUT2D eigenvalue weighted by Gasteiger charge is -2.42. The van der Waals surface area contributed by atoms with Gasteiger partial charge in [0.05, 0.1) is 19.7 Å². The van der Waals surface area contributed by atoms with Crippen molar-refractivity contribution in [3.8, 4) is 11.5 Å². The van der Waals surface area contributed by atoms with Crippen LogP contribution in [0.25, 0.3) is 10.9 Å². The zero-order chi connectivity index (χ0) is 21.4. The van der Waals surface area contributed by atoms with Crippen molar-refractivity contribution >= 4 is 40.8 Å². The van der Waals surface area contributed by atoms with E-state index in [0.29, 0.717) is 5.41 Å². The van der Waals surface area contributed by atoms with Crippen molar-refractivity contribution in [2.75, 3.05) is 48.1 Å². The van der Waals surface area contributed by atoms with Crippen LogP contribution in [-0.2, 0) is 11.2 Å². The molecule has 1 heterocycles. The van der Waals surface area contributed by atoms with E-state index in [4.69, 9.17) is 14.2 Å². The lowest BCUT2D eigenvalue weighted by atomic mass is 9.67. The number of guanidine groups is 1. The third-order valence-corrected chi connectivity index (χ3v) is 6.21. The SMILES string of the molecule is CN=C(NCCCc1cc2c(OC)cc(OC)cc2[nH]1)NCC1(CCOC)CCC1.I. The number of halogens is 1. The molecule has 0 amide bonds. The van der Waals surface area contributed by atoms with E-state index in [9.17, 15) is 0 Å². The van der Waals surface area contributed by atoms with Gasteiger partial charge in [-0.15, -0.1) is 24.0 Å². The number of benzene rings is 1. The van der Waals surface area contributed by atoms with Gasteiger partial charge < -0.3 is 29.8 Å². The molecule has 1 saturated carbocycles. The standard InChI is InChI=1S/C23H36N4O3.HI/c1-24-22(26-16-23(8-6-9-23)10-12-28-2)25-11-5-7-17-13-19-20(27-17)14-18(29-3)15-21(19)30-4;/h13-15,27H,5-12,16H2,1-4H3,(H2,24,25,26);1H. The van der Waals surface area contributed by atoms with Crippen molar-refractivity contribution in [3.05, 3.63) is 23.9 Å². The molecule has 1 aliphatic carbocycles. The van der Waals surface area contributed by atoms with Gasteiger partial charge in [0.25, 0.3) is 0 Å². The number of aromatic amines is 1. The second kappa shape index (κ2) is 12.4. The Hall–Kier alpha value is -1.68. The Labute approximate surface area is 202 Å². The third kappa shape index (κ3) is 6.65. The minimum atomic E-state index is 0. The van der Waals surface area contributed by atoms with Gasteiger partial charge in [0, 0.05) is 57.1 Å². The monoisotopic (exact) mass is 544 g/mol. The summed E-state index contributed by atoms with van der Waals surface area (Å²) in [6.45, 7) is 2.65. The van der Waals surface area contributed by atoms with Crippen LogP contribution in [-0.4, -0.2) is 59.0 Å². The van der Waals surface area contributed by atoms with E-state index in [1.165, 1.54) is 25.0 Å². The van der Waals surface area contributed by atoms with Crippen molar-refractivity contribution in [2.45, 2.75) is 38.5 Å². The smallest absolute Gasteiger partial charge is 0.190 e. The number of methoxy groups -OCH3 is 3. The summed E-state index contributed by atoms with van der Waals surface area (Å²) in [5, 5.41) is 8.04. The number of hydrogen-bond donors (Lipinski definition) is 3. The number of aryl methyl sites for hydroxylation is 1. The van der Waals surface area contributed by atoms with E-state index in [1.54, 1.807) is 21.3 Å². The van der Waals surface area contributed by atoms with Crippen molar-refractivity contribution in [1.29, 1.82) is 0 Å². The predicted octanol–water partition coefficient (Wildman–Crippen LogP) is 4.11. The number of rotatable bonds is 11. The Kier molecular flexibility index (Phi) is 10.2. The summed E-state index contributed by atoms with van der Waals surface area (Å²) in [5.74, 6) is 2.49. The normalized spacial score (nSPS) is 15.2. The molecule has 1 fully saturated rings. The molecule has 31 heavy (non-hydrogen) atoms. The molecule has 3 N–H and O–H groups in total. The van der Waals surface area contributed by atoms with Crippen LogP contribution in [0.3, 0.4) is 0 Å². The van der Waals surface area contributed by atoms with Crippen LogP contribution in [0.1, 0.15) is 37.8 Å². The van der Waals surface area contributed by atoms with E-state index in [0.717, 1.165) is 67.3 Å². The maximum Gasteiger partial charge on any atom is 0.190 e. The number of nitrogens with one attached hydrogen (secondary N) is 3. The van der Waals surface area contributed by atoms with Gasteiger partial charge in [0.2, 0.25) is 0 Å². The van der Waals surface area contributed by atoms with Gasteiger partial charge in [0.1, 0.15) is 11.5 Å². The number of hydrogen-bond acceptors (Lipinski definition) is 4. The Morgan fingerprint density at radius 3 is 2.55 bits per heavy atom. The minimum Gasteiger partial charge on any atom is -0.497 e. The van der Waals surface area contributed by atoms with Crippen molar-refractivity contribution in [1.82, 2.24) is 15.6 Å². The quantitative estimate of drug-likeness (QED) is 0.172. The average molecular weight is 544 g/mol. The van der Waals surface area contributed by atoms with Gasteiger partial charge in [-0.25, -0.2) is 0 Å². The highest BCUT2D eigenvalue weighted by molar-refractivity contribution is 14.0.